The van der Waals surface area contributed by atoms with E-state index >= 15 is 0 Å². The molecule has 40 heavy (non-hydrogen) atoms. The van der Waals surface area contributed by atoms with Crippen molar-refractivity contribution in [2.24, 2.45) is 0 Å². The van der Waals surface area contributed by atoms with E-state index in [1.165, 1.54) is 0 Å². The van der Waals surface area contributed by atoms with Crippen molar-refractivity contribution in [3.8, 4) is 33.4 Å². The second kappa shape index (κ2) is 9.22. The Kier molecular flexibility index (Phi) is 2.94. The minimum Gasteiger partial charge on any atom is -0.0622 e. The smallest absolute Gasteiger partial charge is 0.0622 e. The van der Waals surface area contributed by atoms with Crippen LogP contribution in [0, 0.1) is 0 Å². The second-order valence-electron chi connectivity index (χ2n) is 9.39. The molecule has 0 heteroatoms. The topological polar surface area (TPSA) is 0 Å². The number of hydrogen-bond donors (Lipinski definition) is 0. The van der Waals surface area contributed by atoms with Crippen LogP contribution in [0.2, 0.25) is 0 Å². The molecule has 0 amide bonds. The highest BCUT2D eigenvalue weighted by molar-refractivity contribution is 6.24. The standard InChI is InChI=1S/C40H26/c1-2-11-27(12-3-1)31-23-24-37-38(26-31)39(32-22-21-28-13-4-5-15-30(28)25-32)35-18-8-9-19-36(35)40(37)34-20-10-16-29-14-6-7-17-33(29)34/h1-26H/i4D,5D,8D,9D,13D,15D,18D,19D,21D,22D,23D,24D,25D,26D. The van der Waals surface area contributed by atoms with Gasteiger partial charge in [-0.05, 0) is 88.6 Å². The minimum absolute atomic E-state index is 0.0188. The van der Waals surface area contributed by atoms with Crippen molar-refractivity contribution in [1.29, 1.82) is 0 Å². The molecule has 0 spiro atoms. The van der Waals surface area contributed by atoms with Gasteiger partial charge in [0.1, 0.15) is 0 Å². The first-order chi connectivity index (χ1) is 25.7. The van der Waals surface area contributed by atoms with E-state index in [1.807, 2.05) is 24.3 Å². The van der Waals surface area contributed by atoms with Gasteiger partial charge in [0.05, 0.1) is 19.2 Å². The minimum atomic E-state index is -0.674. The summed E-state index contributed by atoms with van der Waals surface area (Å²) in [5, 5.41) is 0.220. The number of benzene rings is 8. The summed E-state index contributed by atoms with van der Waals surface area (Å²) in [5.74, 6) is 0. The molecule has 0 unspecified atom stereocenters. The number of hydrogen-bond acceptors (Lipinski definition) is 0. The van der Waals surface area contributed by atoms with E-state index in [4.69, 9.17) is 9.60 Å². The maximum Gasteiger partial charge on any atom is 0.0636 e. The first-order valence-corrected chi connectivity index (χ1v) is 12.7. The van der Waals surface area contributed by atoms with E-state index in [0.717, 1.165) is 5.39 Å². The molecule has 0 atom stereocenters. The zero-order chi connectivity index (χ0) is 38.7. The highest BCUT2D eigenvalue weighted by Gasteiger charge is 2.18. The van der Waals surface area contributed by atoms with Crippen LogP contribution in [0.4, 0.5) is 0 Å². The summed E-state index contributed by atoms with van der Waals surface area (Å²) < 4.78 is 127. The highest BCUT2D eigenvalue weighted by Crippen LogP contribution is 2.46. The lowest BCUT2D eigenvalue weighted by Crippen LogP contribution is -1.92. The fourth-order valence-corrected chi connectivity index (χ4v) is 5.34. The lowest BCUT2D eigenvalue weighted by Gasteiger charge is -2.20. The van der Waals surface area contributed by atoms with Crippen molar-refractivity contribution in [3.63, 3.8) is 0 Å². The van der Waals surface area contributed by atoms with Crippen molar-refractivity contribution in [1.82, 2.24) is 0 Å². The van der Waals surface area contributed by atoms with Gasteiger partial charge in [0.15, 0.2) is 0 Å². The van der Waals surface area contributed by atoms with Gasteiger partial charge in [0.25, 0.3) is 0 Å². The van der Waals surface area contributed by atoms with E-state index in [2.05, 4.69) is 0 Å². The highest BCUT2D eigenvalue weighted by atomic mass is 14.2. The molecule has 8 aromatic carbocycles. The van der Waals surface area contributed by atoms with E-state index < -0.39 is 72.0 Å². The predicted molar refractivity (Wildman–Crippen MR) is 173 cm³/mol. The monoisotopic (exact) mass is 520 g/mol. The maximum absolute atomic E-state index is 9.83. The van der Waals surface area contributed by atoms with E-state index in [-0.39, 0.29) is 67.1 Å². The van der Waals surface area contributed by atoms with Crippen LogP contribution in [0.1, 0.15) is 19.2 Å². The molecule has 0 aliphatic heterocycles. The van der Waals surface area contributed by atoms with Gasteiger partial charge >= 0.3 is 0 Å². The molecule has 0 fully saturated rings. The SMILES string of the molecule is [2H]c1c([2H])c([2H])c2c([2H])c(-c3c4c([2H])c([2H])c([2H])c([2H])c4c(-c4cccc5ccccc45)c4c([2H])c([2H])c(-c5ccccc5)c([2H])c34)c([2H])c([2H])c2c1[2H]. The Hall–Kier alpha value is -5.20. The van der Waals surface area contributed by atoms with E-state index in [1.54, 1.807) is 48.5 Å². The quantitative estimate of drug-likeness (QED) is 0.203. The molecule has 0 radical (unpaired) electrons. The van der Waals surface area contributed by atoms with Gasteiger partial charge in [-0.2, -0.15) is 0 Å². The molecule has 0 heterocycles. The summed E-state index contributed by atoms with van der Waals surface area (Å²) in [6, 6.07) is 13.2. The van der Waals surface area contributed by atoms with Crippen LogP contribution < -0.4 is 0 Å². The number of rotatable bonds is 3. The Bertz CT molecular complexity index is 2970. The molecule has 0 bridgehead atoms. The first kappa shape index (κ1) is 12.8. The second-order valence-corrected chi connectivity index (χ2v) is 9.39. The van der Waals surface area contributed by atoms with Gasteiger partial charge in [-0.1, -0.05) is 145 Å². The third-order valence-corrected chi connectivity index (χ3v) is 7.12. The van der Waals surface area contributed by atoms with Crippen LogP contribution in [-0.2, 0) is 0 Å². The largest absolute Gasteiger partial charge is 0.0636 e. The zero-order valence-corrected chi connectivity index (χ0v) is 20.9. The molecule has 0 nitrogen and oxygen atoms in total. The molecular formula is C40H26. The van der Waals surface area contributed by atoms with Crippen molar-refractivity contribution in [2.45, 2.75) is 0 Å². The normalized spacial score (nSPS) is 16.4. The summed E-state index contributed by atoms with van der Waals surface area (Å²) in [5.41, 5.74) is 0.361. The maximum atomic E-state index is 9.83. The molecule has 0 saturated heterocycles. The molecular weight excluding hydrogens is 480 g/mol. The Morgan fingerprint density at radius 3 is 1.90 bits per heavy atom. The lowest BCUT2D eigenvalue weighted by molar-refractivity contribution is 1.64. The molecule has 0 aromatic heterocycles. The predicted octanol–water partition coefficient (Wildman–Crippen LogP) is 11.3. The van der Waals surface area contributed by atoms with Gasteiger partial charge < -0.3 is 0 Å². The fourth-order valence-electron chi connectivity index (χ4n) is 5.34. The third-order valence-electron chi connectivity index (χ3n) is 7.12. The van der Waals surface area contributed by atoms with Gasteiger partial charge in [-0.25, -0.2) is 0 Å². The van der Waals surface area contributed by atoms with Crippen LogP contribution in [-0.4, -0.2) is 0 Å². The summed E-state index contributed by atoms with van der Waals surface area (Å²) in [7, 11) is 0. The Morgan fingerprint density at radius 1 is 0.350 bits per heavy atom. The van der Waals surface area contributed by atoms with Gasteiger partial charge in [0.2, 0.25) is 0 Å². The first-order valence-electron chi connectivity index (χ1n) is 19.7. The van der Waals surface area contributed by atoms with Gasteiger partial charge in [-0.15, -0.1) is 0 Å². The Morgan fingerprint density at radius 2 is 1.02 bits per heavy atom. The average molecular weight is 521 g/mol. The average Bonchev–Trinajstić information content (AvgIpc) is 3.17. The van der Waals surface area contributed by atoms with Crippen LogP contribution in [0.3, 0.4) is 0 Å². The Labute approximate surface area is 253 Å². The Balaban J connectivity index is 1.78. The van der Waals surface area contributed by atoms with E-state index in [0.29, 0.717) is 16.5 Å². The summed E-state index contributed by atoms with van der Waals surface area (Å²) in [6.45, 7) is 0. The third kappa shape index (κ3) is 3.61. The van der Waals surface area contributed by atoms with E-state index in [9.17, 15) is 9.60 Å². The summed E-state index contributed by atoms with van der Waals surface area (Å²) in [4.78, 5) is 0. The summed E-state index contributed by atoms with van der Waals surface area (Å²) >= 11 is 0. The molecule has 0 aliphatic rings. The van der Waals surface area contributed by atoms with Crippen molar-refractivity contribution in [3.05, 3.63) is 157 Å². The van der Waals surface area contributed by atoms with Crippen LogP contribution in [0.5, 0.6) is 0 Å². The van der Waals surface area contributed by atoms with Crippen molar-refractivity contribution < 1.29 is 19.2 Å². The van der Waals surface area contributed by atoms with Crippen molar-refractivity contribution in [2.75, 3.05) is 0 Å². The number of fused-ring (bicyclic) bond motifs is 4. The van der Waals surface area contributed by atoms with Gasteiger partial charge in [0, 0.05) is 0 Å². The van der Waals surface area contributed by atoms with Crippen LogP contribution >= 0.6 is 0 Å². The lowest BCUT2D eigenvalue weighted by atomic mass is 9.83. The van der Waals surface area contributed by atoms with Gasteiger partial charge in [-0.3, -0.25) is 0 Å². The summed E-state index contributed by atoms with van der Waals surface area (Å²) in [6.07, 6.45) is 0. The molecule has 0 saturated carbocycles. The van der Waals surface area contributed by atoms with Crippen LogP contribution in [0.15, 0.2) is 157 Å². The van der Waals surface area contributed by atoms with Crippen molar-refractivity contribution >= 4 is 43.1 Å². The fraction of sp³-hybridized carbons (Fsp3) is 0. The molecule has 8 rings (SSSR count). The van der Waals surface area contributed by atoms with Crippen LogP contribution in [0.25, 0.3) is 76.5 Å². The zero-order valence-electron chi connectivity index (χ0n) is 34.9. The molecule has 186 valence electrons. The molecule has 8 aromatic rings. The molecule has 0 aliphatic carbocycles. The molecule has 0 N–H and O–H groups in total.